The van der Waals surface area contributed by atoms with Crippen LogP contribution in [-0.4, -0.2) is 32.8 Å². The Morgan fingerprint density at radius 3 is 2.67 bits per heavy atom. The van der Waals surface area contributed by atoms with Gasteiger partial charge in [0.1, 0.15) is 0 Å². The van der Waals surface area contributed by atoms with Crippen molar-refractivity contribution in [2.24, 2.45) is 4.99 Å². The van der Waals surface area contributed by atoms with E-state index in [1.807, 2.05) is 0 Å². The first kappa shape index (κ1) is 21.1. The molecule has 0 spiro atoms. The van der Waals surface area contributed by atoms with Gasteiger partial charge in [0.05, 0.1) is 10.3 Å². The summed E-state index contributed by atoms with van der Waals surface area (Å²) in [6.45, 7) is 5.52. The summed E-state index contributed by atoms with van der Waals surface area (Å²) in [7, 11) is 1.79. The third-order valence-electron chi connectivity index (χ3n) is 2.68. The summed E-state index contributed by atoms with van der Waals surface area (Å²) >= 11 is 5.20. The molecule has 0 radical (unpaired) electrons. The number of guanidine groups is 1. The second-order valence-corrected chi connectivity index (χ2v) is 6.93. The molecule has 4 nitrogen and oxygen atoms in total. The molecule has 0 aliphatic heterocycles. The van der Waals surface area contributed by atoms with Crippen LogP contribution in [0.3, 0.4) is 0 Å². The predicted octanol–water partition coefficient (Wildman–Crippen LogP) is 4.00. The first-order valence-electron chi connectivity index (χ1n) is 7.02. The number of rotatable bonds is 9. The molecule has 0 fully saturated rings. The third kappa shape index (κ3) is 10.5. The van der Waals surface area contributed by atoms with Crippen LogP contribution in [0.5, 0.6) is 0 Å². The Labute approximate surface area is 157 Å². The first-order chi connectivity index (χ1) is 9.76. The number of halogens is 2. The average Bonchev–Trinajstić information content (AvgIpc) is 2.87. The van der Waals surface area contributed by atoms with E-state index in [4.69, 9.17) is 4.74 Å². The van der Waals surface area contributed by atoms with Crippen LogP contribution in [0, 0.1) is 0 Å². The van der Waals surface area contributed by atoms with Crippen molar-refractivity contribution in [3.63, 3.8) is 0 Å². The number of ether oxygens (including phenoxy) is 1. The zero-order valence-corrected chi connectivity index (χ0v) is 17.4. The van der Waals surface area contributed by atoms with Gasteiger partial charge in [0.25, 0.3) is 0 Å². The number of hydrogen-bond donors (Lipinski definition) is 2. The van der Waals surface area contributed by atoms with Crippen molar-refractivity contribution in [3.05, 3.63) is 20.8 Å². The van der Waals surface area contributed by atoms with Gasteiger partial charge in [0.15, 0.2) is 5.96 Å². The van der Waals surface area contributed by atoms with E-state index in [2.05, 4.69) is 50.6 Å². The molecule has 1 aromatic heterocycles. The molecule has 122 valence electrons. The normalized spacial score (nSPS) is 11.1. The van der Waals surface area contributed by atoms with E-state index in [0.29, 0.717) is 0 Å². The summed E-state index contributed by atoms with van der Waals surface area (Å²) in [5.74, 6) is 0.836. The molecule has 0 unspecified atom stereocenters. The number of nitrogens with one attached hydrogen (secondary N) is 2. The second-order valence-electron chi connectivity index (χ2n) is 4.38. The summed E-state index contributed by atoms with van der Waals surface area (Å²) in [5, 5.41) is 6.59. The second kappa shape index (κ2) is 13.8. The maximum atomic E-state index is 5.52. The number of thiophene rings is 1. The van der Waals surface area contributed by atoms with Gasteiger partial charge in [-0.2, -0.15) is 0 Å². The van der Waals surface area contributed by atoms with Crippen LogP contribution in [0.25, 0.3) is 0 Å². The lowest BCUT2D eigenvalue weighted by atomic mass is 10.4. The predicted molar refractivity (Wildman–Crippen MR) is 106 cm³/mol. The van der Waals surface area contributed by atoms with Crippen molar-refractivity contribution in [2.75, 3.05) is 26.8 Å². The molecule has 0 atom stereocenters. The molecule has 2 N–H and O–H groups in total. The maximum absolute atomic E-state index is 5.52. The van der Waals surface area contributed by atoms with Gasteiger partial charge >= 0.3 is 0 Å². The molecular weight excluding hydrogens is 465 g/mol. The minimum Gasteiger partial charge on any atom is -0.381 e. The van der Waals surface area contributed by atoms with Crippen LogP contribution in [0.4, 0.5) is 0 Å². The lowest BCUT2D eigenvalue weighted by molar-refractivity contribution is 0.129. The standard InChI is InChI=1S/C14H24BrN3OS.HI/c1-3-4-9-19-10-5-8-17-14(16-2)18-11-12-6-7-13(15)20-12;/h6-7H,3-5,8-11H2,1-2H3,(H2,16,17,18);1H. The summed E-state index contributed by atoms with van der Waals surface area (Å²) < 4.78 is 6.67. The largest absolute Gasteiger partial charge is 0.381 e. The van der Waals surface area contributed by atoms with Gasteiger partial charge < -0.3 is 15.4 Å². The first-order valence-corrected chi connectivity index (χ1v) is 8.63. The van der Waals surface area contributed by atoms with Gasteiger partial charge in [-0.05, 0) is 40.9 Å². The number of hydrogen-bond acceptors (Lipinski definition) is 3. The molecule has 0 aliphatic rings. The topological polar surface area (TPSA) is 45.6 Å². The van der Waals surface area contributed by atoms with Gasteiger partial charge in [-0.1, -0.05) is 13.3 Å². The highest BCUT2D eigenvalue weighted by molar-refractivity contribution is 14.0. The lowest BCUT2D eigenvalue weighted by Gasteiger charge is -2.11. The molecule has 0 saturated carbocycles. The van der Waals surface area contributed by atoms with E-state index in [9.17, 15) is 0 Å². The van der Waals surface area contributed by atoms with Gasteiger partial charge in [0, 0.05) is 31.7 Å². The van der Waals surface area contributed by atoms with Crippen molar-refractivity contribution >= 4 is 57.2 Å². The molecule has 0 saturated heterocycles. The molecule has 0 aliphatic carbocycles. The highest BCUT2D eigenvalue weighted by Crippen LogP contribution is 2.21. The Bertz CT molecular complexity index is 401. The van der Waals surface area contributed by atoms with Gasteiger partial charge in [0.2, 0.25) is 0 Å². The van der Waals surface area contributed by atoms with Gasteiger partial charge in [-0.25, -0.2) is 0 Å². The fraction of sp³-hybridized carbons (Fsp3) is 0.643. The van der Waals surface area contributed by atoms with E-state index >= 15 is 0 Å². The summed E-state index contributed by atoms with van der Waals surface area (Å²) in [4.78, 5) is 5.48. The smallest absolute Gasteiger partial charge is 0.191 e. The molecular formula is C14H25BrIN3OS. The molecule has 1 aromatic rings. The zero-order chi connectivity index (χ0) is 14.6. The van der Waals surface area contributed by atoms with Crippen LogP contribution >= 0.6 is 51.2 Å². The van der Waals surface area contributed by atoms with Crippen LogP contribution in [0.1, 0.15) is 31.1 Å². The van der Waals surface area contributed by atoms with E-state index in [1.165, 1.54) is 11.3 Å². The zero-order valence-electron chi connectivity index (χ0n) is 12.7. The Morgan fingerprint density at radius 2 is 2.05 bits per heavy atom. The highest BCUT2D eigenvalue weighted by atomic mass is 127. The molecule has 7 heteroatoms. The SMILES string of the molecule is CCCCOCCCNC(=NC)NCc1ccc(Br)s1.I. The van der Waals surface area contributed by atoms with Crippen molar-refractivity contribution in [1.82, 2.24) is 10.6 Å². The van der Waals surface area contributed by atoms with Crippen molar-refractivity contribution in [1.29, 1.82) is 0 Å². The maximum Gasteiger partial charge on any atom is 0.191 e. The van der Waals surface area contributed by atoms with E-state index in [0.717, 1.165) is 48.9 Å². The number of aliphatic imine (C=N–C) groups is 1. The highest BCUT2D eigenvalue weighted by Gasteiger charge is 2.00. The van der Waals surface area contributed by atoms with E-state index in [-0.39, 0.29) is 24.0 Å². The van der Waals surface area contributed by atoms with Crippen molar-refractivity contribution in [3.8, 4) is 0 Å². The number of unbranched alkanes of at least 4 members (excludes halogenated alkanes) is 1. The van der Waals surface area contributed by atoms with Crippen LogP contribution in [0.15, 0.2) is 20.9 Å². The van der Waals surface area contributed by atoms with Crippen LogP contribution in [0.2, 0.25) is 0 Å². The Morgan fingerprint density at radius 1 is 1.29 bits per heavy atom. The monoisotopic (exact) mass is 489 g/mol. The molecule has 1 heterocycles. The minimum atomic E-state index is 0. The van der Waals surface area contributed by atoms with Gasteiger partial charge in [-0.3, -0.25) is 4.99 Å². The quantitative estimate of drug-likeness (QED) is 0.238. The van der Waals surface area contributed by atoms with Gasteiger partial charge in [-0.15, -0.1) is 35.3 Å². The van der Waals surface area contributed by atoms with Crippen molar-refractivity contribution in [2.45, 2.75) is 32.7 Å². The number of nitrogens with zero attached hydrogens (tertiary/aromatic N) is 1. The Balaban J connectivity index is 0.00000400. The Kier molecular flexibility index (Phi) is 13.9. The molecule has 21 heavy (non-hydrogen) atoms. The Hall–Kier alpha value is 0.140. The van der Waals surface area contributed by atoms with E-state index < -0.39 is 0 Å². The summed E-state index contributed by atoms with van der Waals surface area (Å²) in [6, 6.07) is 4.17. The van der Waals surface area contributed by atoms with Crippen LogP contribution < -0.4 is 10.6 Å². The molecule has 0 bridgehead atoms. The molecule has 0 amide bonds. The summed E-state index contributed by atoms with van der Waals surface area (Å²) in [6.07, 6.45) is 3.33. The fourth-order valence-electron chi connectivity index (χ4n) is 1.57. The molecule has 0 aromatic carbocycles. The van der Waals surface area contributed by atoms with E-state index in [1.54, 1.807) is 18.4 Å². The van der Waals surface area contributed by atoms with Crippen LogP contribution in [-0.2, 0) is 11.3 Å². The lowest BCUT2D eigenvalue weighted by Crippen LogP contribution is -2.37. The molecule has 1 rings (SSSR count). The summed E-state index contributed by atoms with van der Waals surface area (Å²) in [5.41, 5.74) is 0. The third-order valence-corrected chi connectivity index (χ3v) is 4.31. The average molecular weight is 490 g/mol. The minimum absolute atomic E-state index is 0. The van der Waals surface area contributed by atoms with Crippen molar-refractivity contribution < 1.29 is 4.74 Å². The fourth-order valence-corrected chi connectivity index (χ4v) is 2.99.